The summed E-state index contributed by atoms with van der Waals surface area (Å²) in [6, 6.07) is 4.52. The summed E-state index contributed by atoms with van der Waals surface area (Å²) in [6.07, 6.45) is 2.50. The predicted octanol–water partition coefficient (Wildman–Crippen LogP) is 3.19. The SMILES string of the molecule is CC(C)NC=O.COc1cc2[nH]c3c(c2cc1C)CNN(C=O)C3CC(C)C. The number of hydrogen-bond donors (Lipinski definition) is 3. The van der Waals surface area contributed by atoms with Crippen LogP contribution in [0.5, 0.6) is 5.75 Å². The molecular formula is C21H32N4O3. The van der Waals surface area contributed by atoms with E-state index in [1.807, 2.05) is 19.9 Å². The number of rotatable bonds is 6. The number of fused-ring (bicyclic) bond motifs is 3. The van der Waals surface area contributed by atoms with Crippen LogP contribution in [-0.2, 0) is 16.1 Å². The number of nitrogens with zero attached hydrogens (tertiary/aromatic N) is 1. The Morgan fingerprint density at radius 3 is 2.50 bits per heavy atom. The standard InChI is InChI=1S/C17H23N3O2.C4H9NO/c1-10(2)5-15-17-13(8-18-20(15)9-21)12-6-11(3)16(22-4)7-14(12)19-17;1-4(2)5-3-6/h6-7,9-10,15,18-19H,5,8H2,1-4H3;3-4H,1-2H3,(H,5,6). The van der Waals surface area contributed by atoms with Crippen molar-refractivity contribution in [2.24, 2.45) is 5.92 Å². The molecule has 28 heavy (non-hydrogen) atoms. The number of aromatic amines is 1. The summed E-state index contributed by atoms with van der Waals surface area (Å²) in [6.45, 7) is 10.9. The smallest absolute Gasteiger partial charge is 0.224 e. The Morgan fingerprint density at radius 1 is 1.29 bits per heavy atom. The highest BCUT2D eigenvalue weighted by atomic mass is 16.5. The van der Waals surface area contributed by atoms with Crippen molar-refractivity contribution in [2.75, 3.05) is 7.11 Å². The van der Waals surface area contributed by atoms with E-state index >= 15 is 0 Å². The summed E-state index contributed by atoms with van der Waals surface area (Å²) >= 11 is 0. The second kappa shape index (κ2) is 9.59. The van der Waals surface area contributed by atoms with Crippen molar-refractivity contribution in [1.82, 2.24) is 20.7 Å². The lowest BCUT2D eigenvalue weighted by molar-refractivity contribution is -0.125. The van der Waals surface area contributed by atoms with Crippen molar-refractivity contribution in [2.45, 2.75) is 59.7 Å². The molecule has 3 N–H and O–H groups in total. The summed E-state index contributed by atoms with van der Waals surface area (Å²) in [5.41, 5.74) is 7.80. The van der Waals surface area contributed by atoms with Crippen molar-refractivity contribution < 1.29 is 14.3 Å². The van der Waals surface area contributed by atoms with Crippen LogP contribution in [-0.4, -0.2) is 36.0 Å². The van der Waals surface area contributed by atoms with Crippen molar-refractivity contribution >= 4 is 23.7 Å². The molecule has 1 aliphatic rings. The molecule has 7 heteroatoms. The van der Waals surface area contributed by atoms with Gasteiger partial charge in [0.15, 0.2) is 0 Å². The highest BCUT2D eigenvalue weighted by Crippen LogP contribution is 2.37. The van der Waals surface area contributed by atoms with Gasteiger partial charge in [-0.15, -0.1) is 0 Å². The van der Waals surface area contributed by atoms with Gasteiger partial charge in [-0.3, -0.25) is 14.6 Å². The first-order valence-corrected chi connectivity index (χ1v) is 9.68. The number of hydrazine groups is 1. The maximum atomic E-state index is 11.4. The molecule has 2 amide bonds. The van der Waals surface area contributed by atoms with Gasteiger partial charge in [-0.1, -0.05) is 13.8 Å². The fourth-order valence-electron chi connectivity index (χ4n) is 3.45. The van der Waals surface area contributed by atoms with Gasteiger partial charge in [0, 0.05) is 35.2 Å². The molecule has 0 saturated carbocycles. The van der Waals surface area contributed by atoms with Crippen LogP contribution in [0, 0.1) is 12.8 Å². The highest BCUT2D eigenvalue weighted by Gasteiger charge is 2.30. The Morgan fingerprint density at radius 2 is 2.00 bits per heavy atom. The maximum absolute atomic E-state index is 11.4. The van der Waals surface area contributed by atoms with E-state index < -0.39 is 0 Å². The summed E-state index contributed by atoms with van der Waals surface area (Å²) in [7, 11) is 1.69. The van der Waals surface area contributed by atoms with E-state index in [1.165, 1.54) is 10.9 Å². The minimum Gasteiger partial charge on any atom is -0.496 e. The first kappa shape index (κ1) is 21.8. The molecule has 154 valence electrons. The van der Waals surface area contributed by atoms with Crippen LogP contribution < -0.4 is 15.5 Å². The Balaban J connectivity index is 0.000000409. The third-order valence-electron chi connectivity index (χ3n) is 4.77. The van der Waals surface area contributed by atoms with Crippen LogP contribution in [0.4, 0.5) is 0 Å². The Labute approximate surface area is 166 Å². The molecule has 0 fully saturated rings. The first-order chi connectivity index (χ1) is 13.3. The van der Waals surface area contributed by atoms with Crippen LogP contribution in [0.3, 0.4) is 0 Å². The third-order valence-corrected chi connectivity index (χ3v) is 4.77. The number of aromatic nitrogens is 1. The first-order valence-electron chi connectivity index (χ1n) is 9.68. The van der Waals surface area contributed by atoms with Crippen LogP contribution >= 0.6 is 0 Å². The van der Waals surface area contributed by atoms with Crippen molar-refractivity contribution in [3.63, 3.8) is 0 Å². The van der Waals surface area contributed by atoms with Crippen molar-refractivity contribution in [3.8, 4) is 5.75 Å². The van der Waals surface area contributed by atoms with Crippen LogP contribution in [0.25, 0.3) is 10.9 Å². The number of hydrogen-bond acceptors (Lipinski definition) is 4. The van der Waals surface area contributed by atoms with Crippen LogP contribution in [0.2, 0.25) is 0 Å². The van der Waals surface area contributed by atoms with E-state index in [-0.39, 0.29) is 12.1 Å². The number of amides is 2. The van der Waals surface area contributed by atoms with E-state index in [0.717, 1.165) is 35.4 Å². The monoisotopic (exact) mass is 388 g/mol. The van der Waals surface area contributed by atoms with Gasteiger partial charge in [0.25, 0.3) is 0 Å². The molecule has 2 heterocycles. The number of nitrogens with one attached hydrogen (secondary N) is 3. The van der Waals surface area contributed by atoms with Gasteiger partial charge in [-0.2, -0.15) is 0 Å². The molecule has 0 radical (unpaired) electrons. The highest BCUT2D eigenvalue weighted by molar-refractivity contribution is 5.87. The molecule has 1 aromatic heterocycles. The normalized spacial score (nSPS) is 15.9. The average Bonchev–Trinajstić information content (AvgIpc) is 2.99. The van der Waals surface area contributed by atoms with E-state index in [4.69, 9.17) is 4.74 Å². The number of H-pyrrole nitrogens is 1. The van der Waals surface area contributed by atoms with Crippen LogP contribution in [0.1, 0.15) is 57.0 Å². The van der Waals surface area contributed by atoms with Crippen LogP contribution in [0.15, 0.2) is 12.1 Å². The summed E-state index contributed by atoms with van der Waals surface area (Å²) < 4.78 is 5.42. The number of benzene rings is 1. The largest absolute Gasteiger partial charge is 0.496 e. The fourth-order valence-corrected chi connectivity index (χ4v) is 3.45. The lowest BCUT2D eigenvalue weighted by Gasteiger charge is -2.34. The minimum atomic E-state index is 0.0416. The molecule has 3 rings (SSSR count). The van der Waals surface area contributed by atoms with Gasteiger partial charge in [-0.05, 0) is 50.3 Å². The van der Waals surface area contributed by atoms with Crippen molar-refractivity contribution in [3.05, 3.63) is 29.0 Å². The lowest BCUT2D eigenvalue weighted by Crippen LogP contribution is -2.44. The zero-order valence-corrected chi connectivity index (χ0v) is 17.6. The third kappa shape index (κ3) is 4.84. The van der Waals surface area contributed by atoms with Gasteiger partial charge in [0.05, 0.1) is 13.2 Å². The van der Waals surface area contributed by atoms with Gasteiger partial charge >= 0.3 is 0 Å². The molecule has 2 aromatic rings. The number of carbonyl (C=O) groups excluding carboxylic acids is 2. The topological polar surface area (TPSA) is 86.5 Å². The molecule has 0 aliphatic carbocycles. The molecule has 0 spiro atoms. The zero-order chi connectivity index (χ0) is 20.8. The molecule has 1 aromatic carbocycles. The molecular weight excluding hydrogens is 356 g/mol. The summed E-state index contributed by atoms with van der Waals surface area (Å²) in [5, 5.41) is 5.42. The molecule has 1 unspecified atom stereocenters. The molecule has 1 aliphatic heterocycles. The second-order valence-corrected chi connectivity index (χ2v) is 7.82. The van der Waals surface area contributed by atoms with E-state index in [9.17, 15) is 9.59 Å². The zero-order valence-electron chi connectivity index (χ0n) is 17.6. The van der Waals surface area contributed by atoms with Crippen molar-refractivity contribution in [1.29, 1.82) is 0 Å². The van der Waals surface area contributed by atoms with E-state index in [2.05, 4.69) is 42.6 Å². The quantitative estimate of drug-likeness (QED) is 0.664. The summed E-state index contributed by atoms with van der Waals surface area (Å²) in [4.78, 5) is 24.4. The fraction of sp³-hybridized carbons (Fsp3) is 0.524. The molecule has 7 nitrogen and oxygen atoms in total. The Bertz CT molecular complexity index is 814. The minimum absolute atomic E-state index is 0.0416. The maximum Gasteiger partial charge on any atom is 0.224 e. The molecule has 0 saturated heterocycles. The number of methoxy groups -OCH3 is 1. The van der Waals surface area contributed by atoms with Gasteiger partial charge in [0.2, 0.25) is 12.8 Å². The molecule has 0 bridgehead atoms. The average molecular weight is 389 g/mol. The van der Waals surface area contributed by atoms with Gasteiger partial charge in [0.1, 0.15) is 5.75 Å². The van der Waals surface area contributed by atoms with E-state index in [1.54, 1.807) is 12.1 Å². The number of ether oxygens (including phenoxy) is 1. The number of aryl methyl sites for hydroxylation is 1. The lowest BCUT2D eigenvalue weighted by atomic mass is 9.96. The van der Waals surface area contributed by atoms with Gasteiger partial charge < -0.3 is 15.0 Å². The Kier molecular flexibility index (Phi) is 7.45. The number of carbonyl (C=O) groups is 2. The molecule has 1 atom stereocenters. The Hall–Kier alpha value is -2.54. The van der Waals surface area contributed by atoms with Gasteiger partial charge in [-0.25, -0.2) is 5.43 Å². The second-order valence-electron chi connectivity index (χ2n) is 7.82. The van der Waals surface area contributed by atoms with E-state index in [0.29, 0.717) is 18.9 Å². The summed E-state index contributed by atoms with van der Waals surface area (Å²) in [5.74, 6) is 1.38. The predicted molar refractivity (Wildman–Crippen MR) is 111 cm³/mol.